The minimum atomic E-state index is -0.841. The van der Waals surface area contributed by atoms with Crippen LogP contribution in [0.2, 0.25) is 0 Å². The summed E-state index contributed by atoms with van der Waals surface area (Å²) in [5.41, 5.74) is 2.68. The first-order valence-electron chi connectivity index (χ1n) is 8.84. The third-order valence-corrected chi connectivity index (χ3v) is 4.82. The van der Waals surface area contributed by atoms with Gasteiger partial charge in [-0.25, -0.2) is 0 Å². The van der Waals surface area contributed by atoms with Crippen LogP contribution in [0.25, 0.3) is 0 Å². The highest BCUT2D eigenvalue weighted by atomic mass is 16.5. The normalized spacial score (nSPS) is 17.0. The Morgan fingerprint density at radius 2 is 1.88 bits per heavy atom. The van der Waals surface area contributed by atoms with Crippen molar-refractivity contribution in [3.05, 3.63) is 65.2 Å². The Morgan fingerprint density at radius 3 is 2.65 bits per heavy atom. The number of carbonyl (C=O) groups is 2. The smallest absolute Gasteiger partial charge is 0.308 e. The van der Waals surface area contributed by atoms with E-state index in [1.807, 2.05) is 37.3 Å². The molecule has 2 aromatic rings. The average molecular weight is 353 g/mol. The predicted molar refractivity (Wildman–Crippen MR) is 98.2 cm³/mol. The van der Waals surface area contributed by atoms with Crippen molar-refractivity contribution in [3.8, 4) is 5.75 Å². The van der Waals surface area contributed by atoms with Gasteiger partial charge in [0.05, 0.1) is 11.5 Å². The summed E-state index contributed by atoms with van der Waals surface area (Å²) in [6.45, 7) is 3.24. The molecule has 136 valence electrons. The molecule has 5 heteroatoms. The van der Waals surface area contributed by atoms with E-state index in [2.05, 4.69) is 0 Å². The molecule has 1 aliphatic rings. The molecule has 2 aromatic carbocycles. The van der Waals surface area contributed by atoms with Gasteiger partial charge in [-0.15, -0.1) is 0 Å². The van der Waals surface area contributed by atoms with Gasteiger partial charge in [-0.2, -0.15) is 0 Å². The van der Waals surface area contributed by atoms with Gasteiger partial charge in [-0.05, 0) is 43.0 Å². The molecule has 1 saturated heterocycles. The minimum Gasteiger partial charge on any atom is -0.488 e. The second-order valence-corrected chi connectivity index (χ2v) is 6.64. The molecule has 0 spiro atoms. The van der Waals surface area contributed by atoms with E-state index < -0.39 is 11.9 Å². The number of piperidine rings is 1. The number of hydrogen-bond donors (Lipinski definition) is 1. The van der Waals surface area contributed by atoms with Gasteiger partial charge in [-0.1, -0.05) is 36.4 Å². The summed E-state index contributed by atoms with van der Waals surface area (Å²) in [5.74, 6) is -0.978. The fourth-order valence-corrected chi connectivity index (χ4v) is 3.23. The van der Waals surface area contributed by atoms with Crippen LogP contribution in [-0.2, 0) is 11.4 Å². The molecule has 0 radical (unpaired) electrons. The Labute approximate surface area is 153 Å². The SMILES string of the molecule is Cc1ccccc1COc1ccccc1C(=O)N1CCCC(C(=O)O)C1. The summed E-state index contributed by atoms with van der Waals surface area (Å²) in [6, 6.07) is 15.1. The Kier molecular flexibility index (Phi) is 5.56. The maximum atomic E-state index is 12.9. The van der Waals surface area contributed by atoms with Crippen LogP contribution in [0, 0.1) is 12.8 Å². The van der Waals surface area contributed by atoms with Crippen molar-refractivity contribution in [2.24, 2.45) is 5.92 Å². The molecule has 0 aliphatic carbocycles. The highest BCUT2D eigenvalue weighted by Crippen LogP contribution is 2.25. The molecule has 5 nitrogen and oxygen atoms in total. The molecular weight excluding hydrogens is 330 g/mol. The summed E-state index contributed by atoms with van der Waals surface area (Å²) in [5, 5.41) is 9.24. The number of carboxylic acids is 1. The van der Waals surface area contributed by atoms with Crippen molar-refractivity contribution in [2.45, 2.75) is 26.4 Å². The van der Waals surface area contributed by atoms with Gasteiger partial charge in [0.1, 0.15) is 12.4 Å². The molecule has 0 bridgehead atoms. The van der Waals surface area contributed by atoms with Gasteiger partial charge >= 0.3 is 5.97 Å². The number of aryl methyl sites for hydroxylation is 1. The van der Waals surface area contributed by atoms with Gasteiger partial charge in [0.15, 0.2) is 0 Å². The van der Waals surface area contributed by atoms with E-state index in [4.69, 9.17) is 4.74 Å². The number of benzene rings is 2. The second kappa shape index (κ2) is 8.04. The lowest BCUT2D eigenvalue weighted by Gasteiger charge is -2.31. The number of amides is 1. The molecule has 3 rings (SSSR count). The fourth-order valence-electron chi connectivity index (χ4n) is 3.23. The monoisotopic (exact) mass is 353 g/mol. The van der Waals surface area contributed by atoms with E-state index in [0.29, 0.717) is 37.3 Å². The van der Waals surface area contributed by atoms with E-state index in [9.17, 15) is 14.7 Å². The standard InChI is InChI=1S/C21H23NO4/c1-15-7-2-3-8-17(15)14-26-19-11-5-4-10-18(19)20(23)22-12-6-9-16(13-22)21(24)25/h2-5,7-8,10-11,16H,6,9,12-14H2,1H3,(H,24,25). The lowest BCUT2D eigenvalue weighted by Crippen LogP contribution is -2.42. The molecule has 1 N–H and O–H groups in total. The van der Waals surface area contributed by atoms with E-state index in [1.165, 1.54) is 0 Å². The van der Waals surface area contributed by atoms with Crippen LogP contribution in [0.1, 0.15) is 34.3 Å². The molecule has 1 unspecified atom stereocenters. The molecule has 1 fully saturated rings. The Hall–Kier alpha value is -2.82. The molecule has 0 aromatic heterocycles. The third-order valence-electron chi connectivity index (χ3n) is 4.82. The number of likely N-dealkylation sites (tertiary alicyclic amines) is 1. The number of ether oxygens (including phenoxy) is 1. The van der Waals surface area contributed by atoms with Crippen molar-refractivity contribution in [2.75, 3.05) is 13.1 Å². The van der Waals surface area contributed by atoms with E-state index in [-0.39, 0.29) is 12.5 Å². The summed E-state index contributed by atoms with van der Waals surface area (Å²) in [6.07, 6.45) is 1.32. The maximum Gasteiger partial charge on any atom is 0.308 e. The highest BCUT2D eigenvalue weighted by molar-refractivity contribution is 5.97. The summed E-state index contributed by atoms with van der Waals surface area (Å²) >= 11 is 0. The van der Waals surface area contributed by atoms with Crippen molar-refractivity contribution in [3.63, 3.8) is 0 Å². The van der Waals surface area contributed by atoms with Gasteiger partial charge in [0.25, 0.3) is 5.91 Å². The van der Waals surface area contributed by atoms with Crippen LogP contribution < -0.4 is 4.74 Å². The van der Waals surface area contributed by atoms with E-state index in [0.717, 1.165) is 11.1 Å². The van der Waals surface area contributed by atoms with Crippen molar-refractivity contribution < 1.29 is 19.4 Å². The minimum absolute atomic E-state index is 0.170. The number of hydrogen-bond acceptors (Lipinski definition) is 3. The molecule has 26 heavy (non-hydrogen) atoms. The van der Waals surface area contributed by atoms with Gasteiger partial charge in [0, 0.05) is 13.1 Å². The maximum absolute atomic E-state index is 12.9. The van der Waals surface area contributed by atoms with Crippen LogP contribution in [0.5, 0.6) is 5.75 Å². The summed E-state index contributed by atoms with van der Waals surface area (Å²) in [4.78, 5) is 25.8. The number of carbonyl (C=O) groups excluding carboxylic acids is 1. The quantitative estimate of drug-likeness (QED) is 0.893. The van der Waals surface area contributed by atoms with Crippen LogP contribution >= 0.6 is 0 Å². The number of nitrogens with zero attached hydrogens (tertiary/aromatic N) is 1. The molecule has 1 heterocycles. The summed E-state index contributed by atoms with van der Waals surface area (Å²) in [7, 11) is 0. The molecule has 1 amide bonds. The zero-order valence-corrected chi connectivity index (χ0v) is 14.9. The average Bonchev–Trinajstić information content (AvgIpc) is 2.67. The molecule has 0 saturated carbocycles. The second-order valence-electron chi connectivity index (χ2n) is 6.64. The number of aliphatic carboxylic acids is 1. The third kappa shape index (κ3) is 4.04. The molecular formula is C21H23NO4. The van der Waals surface area contributed by atoms with Crippen molar-refractivity contribution in [1.29, 1.82) is 0 Å². The number of carboxylic acid groups (broad SMARTS) is 1. The lowest BCUT2D eigenvalue weighted by molar-refractivity contribution is -0.143. The highest BCUT2D eigenvalue weighted by Gasteiger charge is 2.29. The lowest BCUT2D eigenvalue weighted by atomic mass is 9.97. The fraction of sp³-hybridized carbons (Fsp3) is 0.333. The topological polar surface area (TPSA) is 66.8 Å². The van der Waals surface area contributed by atoms with Crippen LogP contribution in [0.3, 0.4) is 0 Å². The van der Waals surface area contributed by atoms with Crippen LogP contribution in [-0.4, -0.2) is 35.0 Å². The first-order valence-corrected chi connectivity index (χ1v) is 8.84. The van der Waals surface area contributed by atoms with Crippen molar-refractivity contribution in [1.82, 2.24) is 4.90 Å². The van der Waals surface area contributed by atoms with Gasteiger partial charge < -0.3 is 14.7 Å². The molecule has 1 atom stereocenters. The van der Waals surface area contributed by atoms with Crippen LogP contribution in [0.4, 0.5) is 0 Å². The Morgan fingerprint density at radius 1 is 1.15 bits per heavy atom. The zero-order valence-electron chi connectivity index (χ0n) is 14.9. The van der Waals surface area contributed by atoms with Crippen molar-refractivity contribution >= 4 is 11.9 Å². The van der Waals surface area contributed by atoms with Crippen LogP contribution in [0.15, 0.2) is 48.5 Å². The number of rotatable bonds is 5. The first-order chi connectivity index (χ1) is 12.6. The first kappa shape index (κ1) is 18.0. The number of para-hydroxylation sites is 1. The van der Waals surface area contributed by atoms with Gasteiger partial charge in [-0.3, -0.25) is 9.59 Å². The largest absolute Gasteiger partial charge is 0.488 e. The predicted octanol–water partition coefficient (Wildman–Crippen LogP) is 3.51. The Balaban J connectivity index is 1.75. The van der Waals surface area contributed by atoms with E-state index >= 15 is 0 Å². The Bertz CT molecular complexity index is 802. The van der Waals surface area contributed by atoms with Gasteiger partial charge in [0.2, 0.25) is 0 Å². The van der Waals surface area contributed by atoms with E-state index in [1.54, 1.807) is 23.1 Å². The molecule has 1 aliphatic heterocycles. The summed E-state index contributed by atoms with van der Waals surface area (Å²) < 4.78 is 5.93. The zero-order chi connectivity index (χ0) is 18.5.